The molecule has 2 N–H and O–H groups in total. The van der Waals surface area contributed by atoms with Gasteiger partial charge in [-0.3, -0.25) is 0 Å². The third kappa shape index (κ3) is 2.45. The highest BCUT2D eigenvalue weighted by Gasteiger charge is 2.27. The van der Waals surface area contributed by atoms with Crippen LogP contribution in [0, 0.1) is 5.92 Å². The highest BCUT2D eigenvalue weighted by molar-refractivity contribution is 7.89. The second-order valence-electron chi connectivity index (χ2n) is 3.69. The van der Waals surface area contributed by atoms with Gasteiger partial charge in [-0.1, -0.05) is 19.3 Å². The molecule has 1 saturated carbocycles. The summed E-state index contributed by atoms with van der Waals surface area (Å²) in [4.78, 5) is 0. The van der Waals surface area contributed by atoms with Crippen molar-refractivity contribution in [2.75, 3.05) is 0 Å². The largest absolute Gasteiger partial charge is 0.228 e. The number of rotatable bonds is 2. The molecule has 0 aromatic carbocycles. The quantitative estimate of drug-likeness (QED) is 0.714. The number of hydrogen-bond donors (Lipinski definition) is 1. The zero-order valence-electron chi connectivity index (χ0n) is 7.49. The van der Waals surface area contributed by atoms with Crippen molar-refractivity contribution in [3.8, 4) is 0 Å². The molecule has 1 atom stereocenters. The van der Waals surface area contributed by atoms with Crippen LogP contribution in [0.4, 0.5) is 0 Å². The van der Waals surface area contributed by atoms with Crippen LogP contribution < -0.4 is 5.14 Å². The maximum atomic E-state index is 11.0. The first-order chi connectivity index (χ1) is 5.52. The molecule has 1 aliphatic rings. The van der Waals surface area contributed by atoms with Gasteiger partial charge in [0, 0.05) is 0 Å². The molecule has 72 valence electrons. The predicted octanol–water partition coefficient (Wildman–Crippen LogP) is 1.24. The van der Waals surface area contributed by atoms with Crippen molar-refractivity contribution in [1.29, 1.82) is 0 Å². The van der Waals surface area contributed by atoms with Crippen LogP contribution in [0.15, 0.2) is 0 Å². The Balaban J connectivity index is 2.57. The summed E-state index contributed by atoms with van der Waals surface area (Å²) in [5.41, 5.74) is 0. The molecule has 0 aromatic rings. The molecule has 1 unspecified atom stereocenters. The van der Waals surface area contributed by atoms with Crippen LogP contribution in [0.2, 0.25) is 0 Å². The van der Waals surface area contributed by atoms with E-state index in [9.17, 15) is 8.42 Å². The fourth-order valence-electron chi connectivity index (χ4n) is 1.87. The van der Waals surface area contributed by atoms with Crippen LogP contribution in [-0.4, -0.2) is 13.7 Å². The minimum Gasteiger partial charge on any atom is -0.228 e. The van der Waals surface area contributed by atoms with Gasteiger partial charge in [-0.15, -0.1) is 0 Å². The zero-order chi connectivity index (χ0) is 9.19. The number of hydrogen-bond acceptors (Lipinski definition) is 2. The van der Waals surface area contributed by atoms with Gasteiger partial charge in [-0.05, 0) is 25.7 Å². The fourth-order valence-corrected chi connectivity index (χ4v) is 2.68. The van der Waals surface area contributed by atoms with E-state index in [1.54, 1.807) is 6.92 Å². The molecule has 1 aliphatic carbocycles. The van der Waals surface area contributed by atoms with Crippen molar-refractivity contribution in [2.45, 2.75) is 44.3 Å². The van der Waals surface area contributed by atoms with Crippen molar-refractivity contribution in [2.24, 2.45) is 11.1 Å². The van der Waals surface area contributed by atoms with Gasteiger partial charge < -0.3 is 0 Å². The first kappa shape index (κ1) is 9.99. The summed E-state index contributed by atoms with van der Waals surface area (Å²) in [6, 6.07) is 0. The van der Waals surface area contributed by atoms with Gasteiger partial charge >= 0.3 is 0 Å². The summed E-state index contributed by atoms with van der Waals surface area (Å²) < 4.78 is 22.0. The summed E-state index contributed by atoms with van der Waals surface area (Å²) in [5.74, 6) is 0.300. The van der Waals surface area contributed by atoms with Crippen LogP contribution in [0.25, 0.3) is 0 Å². The molecule has 0 aliphatic heterocycles. The topological polar surface area (TPSA) is 60.2 Å². The molecule has 0 amide bonds. The van der Waals surface area contributed by atoms with E-state index in [2.05, 4.69) is 0 Å². The Morgan fingerprint density at radius 3 is 2.17 bits per heavy atom. The molecule has 0 aromatic heterocycles. The molecule has 0 saturated heterocycles. The van der Waals surface area contributed by atoms with E-state index in [1.807, 2.05) is 0 Å². The highest BCUT2D eigenvalue weighted by atomic mass is 32.2. The second kappa shape index (κ2) is 3.75. The predicted molar refractivity (Wildman–Crippen MR) is 49.1 cm³/mol. The lowest BCUT2D eigenvalue weighted by atomic mass is 9.87. The molecular formula is C8H17NO2S. The molecule has 0 radical (unpaired) electrons. The third-order valence-electron chi connectivity index (χ3n) is 2.83. The lowest BCUT2D eigenvalue weighted by Gasteiger charge is -2.25. The molecule has 4 heteroatoms. The molecular weight excluding hydrogens is 174 g/mol. The van der Waals surface area contributed by atoms with E-state index in [1.165, 1.54) is 6.42 Å². The van der Waals surface area contributed by atoms with Gasteiger partial charge in [0.15, 0.2) is 0 Å². The summed E-state index contributed by atoms with van der Waals surface area (Å²) >= 11 is 0. The van der Waals surface area contributed by atoms with E-state index < -0.39 is 10.0 Å². The van der Waals surface area contributed by atoms with E-state index in [0.717, 1.165) is 25.7 Å². The lowest BCUT2D eigenvalue weighted by Crippen LogP contribution is -2.33. The fraction of sp³-hybridized carbons (Fsp3) is 1.00. The van der Waals surface area contributed by atoms with E-state index >= 15 is 0 Å². The van der Waals surface area contributed by atoms with E-state index in [0.29, 0.717) is 5.92 Å². The molecule has 1 rings (SSSR count). The standard InChI is InChI=1S/C8H17NO2S/c1-7(12(9,10)11)8-5-3-2-4-6-8/h7-8H,2-6H2,1H3,(H2,9,10,11). The first-order valence-corrected chi connectivity index (χ1v) is 6.14. The Kier molecular flexibility index (Phi) is 3.12. The van der Waals surface area contributed by atoms with Crippen LogP contribution in [0.5, 0.6) is 0 Å². The molecule has 0 heterocycles. The SMILES string of the molecule is CC(C1CCCCC1)S(N)(=O)=O. The summed E-state index contributed by atoms with van der Waals surface area (Å²) in [6.45, 7) is 1.73. The number of primary sulfonamides is 1. The molecule has 12 heavy (non-hydrogen) atoms. The summed E-state index contributed by atoms with van der Waals surface area (Å²) in [5, 5.41) is 4.73. The third-order valence-corrected chi connectivity index (χ3v) is 4.25. The van der Waals surface area contributed by atoms with Crippen LogP contribution in [0.3, 0.4) is 0 Å². The van der Waals surface area contributed by atoms with Crippen molar-refractivity contribution in [3.05, 3.63) is 0 Å². The van der Waals surface area contributed by atoms with Crippen LogP contribution in [0.1, 0.15) is 39.0 Å². The van der Waals surface area contributed by atoms with Gasteiger partial charge in [0.1, 0.15) is 0 Å². The van der Waals surface area contributed by atoms with Crippen LogP contribution >= 0.6 is 0 Å². The monoisotopic (exact) mass is 191 g/mol. The van der Waals surface area contributed by atoms with Gasteiger partial charge in [0.25, 0.3) is 0 Å². The van der Waals surface area contributed by atoms with E-state index in [4.69, 9.17) is 5.14 Å². The average molecular weight is 191 g/mol. The molecule has 0 spiro atoms. The van der Waals surface area contributed by atoms with Crippen molar-refractivity contribution < 1.29 is 8.42 Å². The Labute approximate surface area is 74.4 Å². The van der Waals surface area contributed by atoms with Gasteiger partial charge in [0.2, 0.25) is 10.0 Å². The smallest absolute Gasteiger partial charge is 0.211 e. The van der Waals surface area contributed by atoms with Gasteiger partial charge in [0.05, 0.1) is 5.25 Å². The lowest BCUT2D eigenvalue weighted by molar-refractivity contribution is 0.348. The molecule has 3 nitrogen and oxygen atoms in total. The Hall–Kier alpha value is -0.0900. The van der Waals surface area contributed by atoms with E-state index in [-0.39, 0.29) is 5.25 Å². The van der Waals surface area contributed by atoms with Gasteiger partial charge in [-0.25, -0.2) is 13.6 Å². The maximum absolute atomic E-state index is 11.0. The summed E-state index contributed by atoms with van der Waals surface area (Å²) in [6.07, 6.45) is 5.61. The second-order valence-corrected chi connectivity index (χ2v) is 5.61. The average Bonchev–Trinajstić information content (AvgIpc) is 2.03. The number of nitrogens with two attached hydrogens (primary N) is 1. The zero-order valence-corrected chi connectivity index (χ0v) is 8.31. The highest BCUT2D eigenvalue weighted by Crippen LogP contribution is 2.28. The van der Waals surface area contributed by atoms with Crippen molar-refractivity contribution in [3.63, 3.8) is 0 Å². The molecule has 1 fully saturated rings. The Morgan fingerprint density at radius 2 is 1.75 bits per heavy atom. The van der Waals surface area contributed by atoms with Gasteiger partial charge in [-0.2, -0.15) is 0 Å². The minimum absolute atomic E-state index is 0.300. The maximum Gasteiger partial charge on any atom is 0.211 e. The van der Waals surface area contributed by atoms with Crippen molar-refractivity contribution in [1.82, 2.24) is 0 Å². The number of sulfonamides is 1. The Bertz CT molecular complexity index is 229. The first-order valence-electron chi connectivity index (χ1n) is 4.53. The van der Waals surface area contributed by atoms with Crippen molar-refractivity contribution >= 4 is 10.0 Å². The Morgan fingerprint density at radius 1 is 1.25 bits per heavy atom. The summed E-state index contributed by atoms with van der Waals surface area (Å²) in [7, 11) is -3.30. The normalized spacial score (nSPS) is 23.8. The molecule has 0 bridgehead atoms. The minimum atomic E-state index is -3.30. The van der Waals surface area contributed by atoms with Crippen LogP contribution in [-0.2, 0) is 10.0 Å².